The molecule has 53 heavy (non-hydrogen) atoms. The van der Waals surface area contributed by atoms with E-state index in [0.717, 1.165) is 38.5 Å². The first kappa shape index (κ1) is 39.4. The number of carbonyl (C=O) groups is 3. The Morgan fingerprint density at radius 3 is 2.00 bits per heavy atom. The molecule has 2 heterocycles. The summed E-state index contributed by atoms with van der Waals surface area (Å²) in [5, 5.41) is 35.2. The van der Waals surface area contributed by atoms with Crippen LogP contribution >= 0.6 is 0 Å². The number of ether oxygens (including phenoxy) is 6. The molecule has 7 aliphatic rings. The zero-order chi connectivity index (χ0) is 38.9. The third kappa shape index (κ3) is 5.76. The van der Waals surface area contributed by atoms with Crippen molar-refractivity contribution in [3.8, 4) is 0 Å². The summed E-state index contributed by atoms with van der Waals surface area (Å²) in [7, 11) is 0. The Morgan fingerprint density at radius 2 is 1.40 bits per heavy atom. The number of aliphatic hydroxyl groups excluding tert-OH is 2. The molecule has 2 saturated heterocycles. The lowest BCUT2D eigenvalue weighted by molar-refractivity contribution is -0.311. The molecule has 5 aliphatic carbocycles. The smallest absolute Gasteiger partial charge is 0.303 e. The lowest BCUT2D eigenvalue weighted by atomic mass is 9.41. The molecule has 2 aliphatic heterocycles. The monoisotopic (exact) mass is 748 g/mol. The van der Waals surface area contributed by atoms with Gasteiger partial charge in [0.05, 0.1) is 42.2 Å². The second-order valence-electron chi connectivity index (χ2n) is 20.0. The average molecular weight is 749 g/mol. The summed E-state index contributed by atoms with van der Waals surface area (Å²) in [6.07, 6.45) is 1.34. The Labute approximate surface area is 314 Å². The summed E-state index contributed by atoms with van der Waals surface area (Å²) in [5.74, 6) is -1.72. The molecular weight excluding hydrogens is 684 g/mol. The van der Waals surface area contributed by atoms with Gasteiger partial charge in [0, 0.05) is 26.7 Å². The number of fused-ring (bicyclic) bond motifs is 2. The van der Waals surface area contributed by atoms with E-state index in [0.29, 0.717) is 19.3 Å². The molecule has 0 amide bonds. The first-order chi connectivity index (χ1) is 24.5. The molecule has 16 atom stereocenters. The summed E-state index contributed by atoms with van der Waals surface area (Å²) in [5.41, 5.74) is -2.45. The van der Waals surface area contributed by atoms with Gasteiger partial charge in [0.1, 0.15) is 0 Å². The van der Waals surface area contributed by atoms with Gasteiger partial charge in [-0.05, 0) is 117 Å². The fraction of sp³-hybridized carbons (Fsp3) is 0.927. The van der Waals surface area contributed by atoms with E-state index in [4.69, 9.17) is 28.4 Å². The molecule has 5 saturated carbocycles. The quantitative estimate of drug-likeness (QED) is 0.188. The number of esters is 3. The van der Waals surface area contributed by atoms with Gasteiger partial charge in [0.15, 0.2) is 24.6 Å². The minimum Gasteiger partial charge on any atom is -0.456 e. The SMILES string of the molecule is CC(=O)O[C@@H]1[C@@H](OC(C)=O)[C@H](O[C@H]2CC[C@]34C[C@]35CC[C@]3(C)[C@@H]([C@@]6(C)CC[C@@H](C(C)(C)O)O6)[C@@H](O)C[C@@]3(C)[C@H]5C[C@H](O)[C@@H]4C2(C)C)OC[C@H]1OC(C)=O. The summed E-state index contributed by atoms with van der Waals surface area (Å²) in [6.45, 7) is 18.5. The fourth-order valence-electron chi connectivity index (χ4n) is 14.4. The number of aliphatic hydroxyl groups is 3. The molecule has 0 aromatic heterocycles. The Bertz CT molecular complexity index is 1490. The number of rotatable bonds is 7. The Morgan fingerprint density at radius 1 is 0.755 bits per heavy atom. The minimum absolute atomic E-state index is 0.0500. The molecule has 0 aromatic rings. The topological polar surface area (TPSA) is 167 Å². The van der Waals surface area contributed by atoms with Crippen LogP contribution in [0.3, 0.4) is 0 Å². The molecule has 3 N–H and O–H groups in total. The van der Waals surface area contributed by atoms with Crippen molar-refractivity contribution in [3.63, 3.8) is 0 Å². The fourth-order valence-corrected chi connectivity index (χ4v) is 14.4. The van der Waals surface area contributed by atoms with Crippen molar-refractivity contribution in [1.82, 2.24) is 0 Å². The van der Waals surface area contributed by atoms with E-state index in [1.807, 2.05) is 0 Å². The first-order valence-electron chi connectivity index (χ1n) is 20.0. The molecule has 7 rings (SSSR count). The van der Waals surface area contributed by atoms with E-state index < -0.39 is 71.3 Å². The normalized spacial score (nSPS) is 51.2. The highest BCUT2D eigenvalue weighted by Gasteiger charge is 2.85. The second-order valence-corrected chi connectivity index (χ2v) is 20.0. The van der Waals surface area contributed by atoms with Gasteiger partial charge >= 0.3 is 17.9 Å². The van der Waals surface area contributed by atoms with Gasteiger partial charge in [-0.2, -0.15) is 0 Å². The number of carbonyl (C=O) groups excluding carboxylic acids is 3. The van der Waals surface area contributed by atoms with Gasteiger partial charge in [-0.25, -0.2) is 0 Å². The van der Waals surface area contributed by atoms with E-state index in [9.17, 15) is 29.7 Å². The summed E-state index contributed by atoms with van der Waals surface area (Å²) in [4.78, 5) is 36.4. The molecule has 0 unspecified atom stereocenters. The largest absolute Gasteiger partial charge is 0.456 e. The van der Waals surface area contributed by atoms with Crippen molar-refractivity contribution >= 4 is 17.9 Å². The summed E-state index contributed by atoms with van der Waals surface area (Å²) in [6, 6.07) is 0. The van der Waals surface area contributed by atoms with Crippen LogP contribution in [0.4, 0.5) is 0 Å². The van der Waals surface area contributed by atoms with Crippen molar-refractivity contribution in [2.75, 3.05) is 6.61 Å². The van der Waals surface area contributed by atoms with Crippen LogP contribution in [0.2, 0.25) is 0 Å². The summed E-state index contributed by atoms with van der Waals surface area (Å²) < 4.78 is 36.2. The Balaban J connectivity index is 1.14. The molecule has 0 radical (unpaired) electrons. The van der Waals surface area contributed by atoms with E-state index in [1.165, 1.54) is 20.8 Å². The van der Waals surface area contributed by atoms with E-state index in [2.05, 4.69) is 34.6 Å². The molecule has 12 nitrogen and oxygen atoms in total. The average Bonchev–Trinajstić information content (AvgIpc) is 3.37. The summed E-state index contributed by atoms with van der Waals surface area (Å²) >= 11 is 0. The predicted molar refractivity (Wildman–Crippen MR) is 190 cm³/mol. The van der Waals surface area contributed by atoms with Gasteiger partial charge in [-0.1, -0.05) is 27.7 Å². The van der Waals surface area contributed by atoms with Crippen LogP contribution in [-0.2, 0) is 42.8 Å². The Hall–Kier alpha value is -1.83. The lowest BCUT2D eigenvalue weighted by Crippen LogP contribution is -2.64. The van der Waals surface area contributed by atoms with E-state index in [1.54, 1.807) is 13.8 Å². The second kappa shape index (κ2) is 12.6. The molecule has 0 aromatic carbocycles. The minimum atomic E-state index is -1.17. The zero-order valence-corrected chi connectivity index (χ0v) is 33.4. The van der Waals surface area contributed by atoms with Crippen LogP contribution in [0.1, 0.15) is 127 Å². The molecule has 12 heteroatoms. The standard InChI is InChI=1S/C41H64O12/c1-21(42)49-26-19-48-34(31(51-23(3)44)30(26)50-22(2)43)52-28-12-14-41-20-40(41)16-15-37(8)33(39(10)13-11-29(53-39)36(6,7)47)25(46)18-38(37,9)27(40)17-24(45)32(41)35(28,4)5/h24-34,45-47H,11-20H2,1-10H3/t24-,25-,26+,27+,28-,29-,30-,31+,32+,33-,34-,37+,38-,39+,40-,41+/m0/s1. The number of hydrogen-bond acceptors (Lipinski definition) is 12. The van der Waals surface area contributed by atoms with E-state index >= 15 is 0 Å². The maximum absolute atomic E-state index is 12.4. The van der Waals surface area contributed by atoms with Crippen molar-refractivity contribution in [2.24, 2.45) is 44.8 Å². The number of hydrogen-bond donors (Lipinski definition) is 3. The van der Waals surface area contributed by atoms with Crippen LogP contribution in [0.5, 0.6) is 0 Å². The third-order valence-electron chi connectivity index (χ3n) is 16.3. The predicted octanol–water partition coefficient (Wildman–Crippen LogP) is 4.61. The highest BCUT2D eigenvalue weighted by molar-refractivity contribution is 5.68. The zero-order valence-electron chi connectivity index (χ0n) is 33.4. The highest BCUT2D eigenvalue weighted by atomic mass is 16.7. The Kier molecular flexibility index (Phi) is 9.36. The molecule has 0 bridgehead atoms. The molecule has 300 valence electrons. The first-order valence-corrected chi connectivity index (χ1v) is 20.0. The van der Waals surface area contributed by atoms with E-state index in [-0.39, 0.29) is 58.2 Å². The van der Waals surface area contributed by atoms with Gasteiger partial charge in [-0.15, -0.1) is 0 Å². The van der Waals surface area contributed by atoms with Crippen LogP contribution in [0.25, 0.3) is 0 Å². The molecular formula is C41H64O12. The third-order valence-corrected chi connectivity index (χ3v) is 16.3. The van der Waals surface area contributed by atoms with Gasteiger partial charge in [0.2, 0.25) is 0 Å². The van der Waals surface area contributed by atoms with Crippen molar-refractivity contribution < 1.29 is 58.1 Å². The molecule has 2 spiro atoms. The van der Waals surface area contributed by atoms with Crippen LogP contribution < -0.4 is 0 Å². The van der Waals surface area contributed by atoms with Crippen molar-refractivity contribution in [2.45, 2.75) is 187 Å². The van der Waals surface area contributed by atoms with Crippen LogP contribution in [0.15, 0.2) is 0 Å². The van der Waals surface area contributed by atoms with Gasteiger partial charge in [-0.3, -0.25) is 14.4 Å². The maximum atomic E-state index is 12.4. The van der Waals surface area contributed by atoms with Gasteiger partial charge in [0.25, 0.3) is 0 Å². The lowest BCUT2D eigenvalue weighted by Gasteiger charge is -2.64. The van der Waals surface area contributed by atoms with Crippen LogP contribution in [-0.4, -0.2) is 100 Å². The maximum Gasteiger partial charge on any atom is 0.303 e. The molecule has 7 fully saturated rings. The van der Waals surface area contributed by atoms with Gasteiger partial charge < -0.3 is 43.7 Å². The van der Waals surface area contributed by atoms with Crippen LogP contribution in [0, 0.1) is 44.8 Å². The highest BCUT2D eigenvalue weighted by Crippen LogP contribution is 2.89. The van der Waals surface area contributed by atoms with Crippen molar-refractivity contribution in [3.05, 3.63) is 0 Å². The van der Waals surface area contributed by atoms with Crippen molar-refractivity contribution in [1.29, 1.82) is 0 Å².